The van der Waals surface area contributed by atoms with Crippen LogP contribution in [0, 0.1) is 0 Å². The number of thioether (sulfide) groups is 1. The lowest BCUT2D eigenvalue weighted by Gasteiger charge is -2.36. The summed E-state index contributed by atoms with van der Waals surface area (Å²) in [6.07, 6.45) is 13.3. The second kappa shape index (κ2) is 9.47. The summed E-state index contributed by atoms with van der Waals surface area (Å²) < 4.78 is 3.78. The first kappa shape index (κ1) is 20.6. The van der Waals surface area contributed by atoms with Gasteiger partial charge in [0.2, 0.25) is 5.91 Å². The van der Waals surface area contributed by atoms with Gasteiger partial charge in [-0.15, -0.1) is 10.2 Å². The van der Waals surface area contributed by atoms with Crippen LogP contribution in [-0.4, -0.2) is 63.5 Å². The average molecular weight is 449 g/mol. The molecule has 10 heteroatoms. The van der Waals surface area contributed by atoms with E-state index in [4.69, 9.17) is 0 Å². The standard InChI is InChI=1S/C22H24N8OS/c31-21(29-11-2-1-5-18(29)8-12-28-13-10-24-16-28)15-32-20-7-6-19-25-26-22(30(19)27-20)17-4-3-9-23-14-17/h3-4,6-7,9-10,13-14,16,18H,1-2,5,8,11-12,15H2. The number of hydrogen-bond donors (Lipinski definition) is 0. The quantitative estimate of drug-likeness (QED) is 0.401. The molecular weight excluding hydrogens is 424 g/mol. The molecule has 1 aliphatic heterocycles. The largest absolute Gasteiger partial charge is 0.339 e. The molecule has 1 fully saturated rings. The van der Waals surface area contributed by atoms with Crippen molar-refractivity contribution in [3.05, 3.63) is 55.4 Å². The number of pyridine rings is 1. The first-order chi connectivity index (χ1) is 15.8. The number of rotatable bonds is 7. The molecule has 0 saturated carbocycles. The van der Waals surface area contributed by atoms with Crippen LogP contribution in [0.3, 0.4) is 0 Å². The first-order valence-corrected chi connectivity index (χ1v) is 11.8. The van der Waals surface area contributed by atoms with Crippen LogP contribution in [0.2, 0.25) is 0 Å². The van der Waals surface area contributed by atoms with Crippen LogP contribution in [0.25, 0.3) is 17.0 Å². The zero-order valence-corrected chi connectivity index (χ0v) is 18.4. The predicted molar refractivity (Wildman–Crippen MR) is 121 cm³/mol. The third-order valence-electron chi connectivity index (χ3n) is 5.73. The van der Waals surface area contributed by atoms with E-state index in [0.717, 1.165) is 42.9 Å². The molecule has 0 bridgehead atoms. The minimum absolute atomic E-state index is 0.170. The molecule has 4 aromatic rings. The molecule has 5 rings (SSSR count). The summed E-state index contributed by atoms with van der Waals surface area (Å²) in [5.74, 6) is 1.17. The van der Waals surface area contributed by atoms with Gasteiger partial charge in [-0.3, -0.25) is 9.78 Å². The second-order valence-electron chi connectivity index (χ2n) is 7.82. The molecule has 1 unspecified atom stereocenters. The summed E-state index contributed by atoms with van der Waals surface area (Å²) in [5.41, 5.74) is 1.51. The van der Waals surface area contributed by atoms with E-state index in [1.54, 1.807) is 23.1 Å². The van der Waals surface area contributed by atoms with E-state index in [1.165, 1.54) is 18.2 Å². The van der Waals surface area contributed by atoms with Crippen LogP contribution in [0.4, 0.5) is 0 Å². The fourth-order valence-corrected chi connectivity index (χ4v) is 4.83. The van der Waals surface area contributed by atoms with Crippen molar-refractivity contribution in [1.29, 1.82) is 0 Å². The van der Waals surface area contributed by atoms with Gasteiger partial charge in [0.1, 0.15) is 5.03 Å². The highest BCUT2D eigenvalue weighted by molar-refractivity contribution is 7.99. The lowest BCUT2D eigenvalue weighted by atomic mass is 9.99. The highest BCUT2D eigenvalue weighted by Gasteiger charge is 2.26. The van der Waals surface area contributed by atoms with Gasteiger partial charge < -0.3 is 9.47 Å². The Labute approximate surface area is 189 Å². The van der Waals surface area contributed by atoms with Gasteiger partial charge in [0, 0.05) is 49.5 Å². The molecule has 0 spiro atoms. The van der Waals surface area contributed by atoms with E-state index in [-0.39, 0.29) is 11.9 Å². The van der Waals surface area contributed by atoms with Crippen LogP contribution < -0.4 is 0 Å². The van der Waals surface area contributed by atoms with Crippen molar-refractivity contribution in [2.24, 2.45) is 0 Å². The molecular formula is C22H24N8OS. The Morgan fingerprint density at radius 3 is 2.94 bits per heavy atom. The van der Waals surface area contributed by atoms with Crippen molar-refractivity contribution < 1.29 is 4.79 Å². The van der Waals surface area contributed by atoms with Gasteiger partial charge in [0.15, 0.2) is 11.5 Å². The highest BCUT2D eigenvalue weighted by Crippen LogP contribution is 2.24. The molecule has 1 saturated heterocycles. The van der Waals surface area contributed by atoms with Crippen molar-refractivity contribution in [3.8, 4) is 11.4 Å². The van der Waals surface area contributed by atoms with Crippen LogP contribution in [0.5, 0.6) is 0 Å². The van der Waals surface area contributed by atoms with E-state index in [2.05, 4.69) is 34.7 Å². The third kappa shape index (κ3) is 4.50. The van der Waals surface area contributed by atoms with E-state index in [0.29, 0.717) is 17.2 Å². The monoisotopic (exact) mass is 448 g/mol. The number of aryl methyl sites for hydroxylation is 1. The van der Waals surface area contributed by atoms with E-state index in [1.807, 2.05) is 36.8 Å². The van der Waals surface area contributed by atoms with Gasteiger partial charge in [-0.05, 0) is 49.9 Å². The Bertz CT molecular complexity index is 1180. The second-order valence-corrected chi connectivity index (χ2v) is 8.82. The van der Waals surface area contributed by atoms with E-state index in [9.17, 15) is 4.79 Å². The van der Waals surface area contributed by atoms with E-state index < -0.39 is 0 Å². The number of imidazole rings is 1. The Hall–Kier alpha value is -3.27. The Morgan fingerprint density at radius 1 is 1.12 bits per heavy atom. The average Bonchev–Trinajstić information content (AvgIpc) is 3.51. The topological polar surface area (TPSA) is 94.1 Å². The fourth-order valence-electron chi connectivity index (χ4n) is 4.09. The molecule has 0 radical (unpaired) electrons. The molecule has 9 nitrogen and oxygen atoms in total. The summed E-state index contributed by atoms with van der Waals surface area (Å²) >= 11 is 1.45. The van der Waals surface area contributed by atoms with Gasteiger partial charge in [0.25, 0.3) is 0 Å². The van der Waals surface area contributed by atoms with Gasteiger partial charge in [-0.2, -0.15) is 9.61 Å². The maximum absolute atomic E-state index is 13.1. The van der Waals surface area contributed by atoms with Gasteiger partial charge >= 0.3 is 0 Å². The Kier molecular flexibility index (Phi) is 6.11. The van der Waals surface area contributed by atoms with E-state index >= 15 is 0 Å². The molecule has 32 heavy (non-hydrogen) atoms. The van der Waals surface area contributed by atoms with Crippen molar-refractivity contribution >= 4 is 23.3 Å². The molecule has 1 aliphatic rings. The van der Waals surface area contributed by atoms with Crippen molar-refractivity contribution in [2.45, 2.75) is 43.3 Å². The van der Waals surface area contributed by atoms with Gasteiger partial charge in [-0.1, -0.05) is 11.8 Å². The summed E-state index contributed by atoms with van der Waals surface area (Å²) in [4.78, 5) is 23.4. The minimum Gasteiger partial charge on any atom is -0.339 e. The van der Waals surface area contributed by atoms with Crippen molar-refractivity contribution in [3.63, 3.8) is 0 Å². The Balaban J connectivity index is 1.25. The molecule has 0 N–H and O–H groups in total. The normalized spacial score (nSPS) is 16.5. The number of piperidine rings is 1. The number of hydrogen-bond acceptors (Lipinski definition) is 7. The molecule has 1 amide bonds. The van der Waals surface area contributed by atoms with Gasteiger partial charge in [-0.25, -0.2) is 4.98 Å². The number of carbonyl (C=O) groups is 1. The lowest BCUT2D eigenvalue weighted by molar-refractivity contribution is -0.132. The number of fused-ring (bicyclic) bond motifs is 1. The number of amides is 1. The fraction of sp³-hybridized carbons (Fsp3) is 0.364. The maximum Gasteiger partial charge on any atom is 0.233 e. The summed E-state index contributed by atoms with van der Waals surface area (Å²) in [5, 5.41) is 13.9. The molecule has 4 aromatic heterocycles. The zero-order chi connectivity index (χ0) is 21.8. The molecule has 1 atom stereocenters. The molecule has 0 aliphatic carbocycles. The Morgan fingerprint density at radius 2 is 2.09 bits per heavy atom. The smallest absolute Gasteiger partial charge is 0.233 e. The summed E-state index contributed by atoms with van der Waals surface area (Å²) in [6.45, 7) is 1.71. The van der Waals surface area contributed by atoms with Crippen LogP contribution in [0.15, 0.2) is 60.4 Å². The van der Waals surface area contributed by atoms with Crippen LogP contribution in [-0.2, 0) is 11.3 Å². The number of likely N-dealkylation sites (tertiary alicyclic amines) is 1. The zero-order valence-electron chi connectivity index (χ0n) is 17.6. The van der Waals surface area contributed by atoms with Crippen molar-refractivity contribution in [1.82, 2.24) is 39.2 Å². The third-order valence-corrected chi connectivity index (χ3v) is 6.63. The SMILES string of the molecule is O=C(CSc1ccc2nnc(-c3cccnc3)n2n1)N1CCCCC1CCn1ccnc1. The predicted octanol–water partition coefficient (Wildman–Crippen LogP) is 2.95. The molecule has 164 valence electrons. The number of carbonyl (C=O) groups excluding carboxylic acids is 1. The maximum atomic E-state index is 13.1. The number of aromatic nitrogens is 7. The van der Waals surface area contributed by atoms with Crippen LogP contribution >= 0.6 is 11.8 Å². The minimum atomic E-state index is 0.170. The first-order valence-electron chi connectivity index (χ1n) is 10.8. The van der Waals surface area contributed by atoms with Crippen LogP contribution in [0.1, 0.15) is 25.7 Å². The summed E-state index contributed by atoms with van der Waals surface area (Å²) in [6, 6.07) is 7.83. The highest BCUT2D eigenvalue weighted by atomic mass is 32.2. The lowest BCUT2D eigenvalue weighted by Crippen LogP contribution is -2.45. The van der Waals surface area contributed by atoms with Gasteiger partial charge in [0.05, 0.1) is 12.1 Å². The van der Waals surface area contributed by atoms with Crippen molar-refractivity contribution in [2.75, 3.05) is 12.3 Å². The molecule has 5 heterocycles. The number of nitrogens with zero attached hydrogens (tertiary/aromatic N) is 8. The molecule has 0 aromatic carbocycles. The summed E-state index contributed by atoms with van der Waals surface area (Å²) in [7, 11) is 0.